The molecule has 6 heteroatoms. The van der Waals surface area contributed by atoms with Crippen LogP contribution in [0.5, 0.6) is 0 Å². The third-order valence-electron chi connectivity index (χ3n) is 4.92. The van der Waals surface area contributed by atoms with Crippen molar-refractivity contribution in [3.63, 3.8) is 0 Å². The van der Waals surface area contributed by atoms with Gasteiger partial charge in [-0.15, -0.1) is 0 Å². The van der Waals surface area contributed by atoms with Gasteiger partial charge in [-0.25, -0.2) is 0 Å². The zero-order chi connectivity index (χ0) is 17.6. The van der Waals surface area contributed by atoms with Gasteiger partial charge >= 0.3 is 0 Å². The molecule has 0 bridgehead atoms. The first-order chi connectivity index (χ1) is 12.1. The number of nitro benzene ring substituents is 1. The zero-order valence-corrected chi connectivity index (χ0v) is 13.8. The molecule has 1 aromatic heterocycles. The van der Waals surface area contributed by atoms with Crippen molar-refractivity contribution in [3.8, 4) is 0 Å². The SMILES string of the molecule is Cn1c2c(c3ccccc31)CN(C(=O)c1ccc([N+](=O)[O-])cc1)CC2. The van der Waals surface area contributed by atoms with E-state index in [9.17, 15) is 14.9 Å². The van der Waals surface area contributed by atoms with Crippen LogP contribution < -0.4 is 0 Å². The molecule has 4 rings (SSSR count). The standard InChI is InChI=1S/C19H17N3O3/c1-20-17-5-3-2-4-15(17)16-12-21(11-10-18(16)20)19(23)13-6-8-14(9-7-13)22(24)25/h2-9H,10-12H2,1H3. The number of carbonyl (C=O) groups excluding carboxylic acids is 1. The number of hydrogen-bond acceptors (Lipinski definition) is 3. The minimum atomic E-state index is -0.461. The van der Waals surface area contributed by atoms with Crippen LogP contribution in [0.1, 0.15) is 21.6 Å². The normalized spacial score (nSPS) is 13.7. The summed E-state index contributed by atoms with van der Waals surface area (Å²) in [5, 5.41) is 11.9. The summed E-state index contributed by atoms with van der Waals surface area (Å²) < 4.78 is 2.21. The first-order valence-electron chi connectivity index (χ1n) is 8.15. The maximum atomic E-state index is 12.8. The average Bonchev–Trinajstić information content (AvgIpc) is 2.94. The number of aromatic nitrogens is 1. The molecule has 1 aliphatic rings. The Bertz CT molecular complexity index is 989. The molecule has 0 fully saturated rings. The van der Waals surface area contributed by atoms with Crippen molar-refractivity contribution >= 4 is 22.5 Å². The first-order valence-corrected chi connectivity index (χ1v) is 8.15. The number of rotatable bonds is 2. The summed E-state index contributed by atoms with van der Waals surface area (Å²) in [7, 11) is 2.06. The Balaban J connectivity index is 1.65. The molecule has 6 nitrogen and oxygen atoms in total. The van der Waals surface area contributed by atoms with Crippen molar-refractivity contribution in [3.05, 3.63) is 75.5 Å². The number of aryl methyl sites for hydroxylation is 1. The zero-order valence-electron chi connectivity index (χ0n) is 13.8. The third-order valence-corrected chi connectivity index (χ3v) is 4.92. The van der Waals surface area contributed by atoms with Gasteiger partial charge in [0.05, 0.1) is 4.92 Å². The Kier molecular flexibility index (Phi) is 3.53. The van der Waals surface area contributed by atoms with Gasteiger partial charge in [-0.1, -0.05) is 18.2 Å². The predicted molar refractivity (Wildman–Crippen MR) is 94.5 cm³/mol. The molecule has 1 amide bonds. The lowest BCUT2D eigenvalue weighted by Gasteiger charge is -2.28. The molecule has 0 N–H and O–H groups in total. The Labute approximate surface area is 144 Å². The van der Waals surface area contributed by atoms with E-state index in [0.717, 1.165) is 6.42 Å². The number of nitro groups is 1. The Hall–Kier alpha value is -3.15. The highest BCUT2D eigenvalue weighted by Gasteiger charge is 2.26. The van der Waals surface area contributed by atoms with E-state index in [1.165, 1.54) is 46.4 Å². The molecule has 1 aliphatic heterocycles. The van der Waals surface area contributed by atoms with Gasteiger partial charge in [-0.2, -0.15) is 0 Å². The van der Waals surface area contributed by atoms with Gasteiger partial charge in [0.2, 0.25) is 0 Å². The summed E-state index contributed by atoms with van der Waals surface area (Å²) in [5.41, 5.74) is 4.12. The van der Waals surface area contributed by atoms with E-state index >= 15 is 0 Å². The molecule has 126 valence electrons. The number of carbonyl (C=O) groups is 1. The number of hydrogen-bond donors (Lipinski definition) is 0. The molecular weight excluding hydrogens is 318 g/mol. The lowest BCUT2D eigenvalue weighted by molar-refractivity contribution is -0.384. The lowest BCUT2D eigenvalue weighted by Crippen LogP contribution is -2.36. The monoisotopic (exact) mass is 335 g/mol. The van der Waals surface area contributed by atoms with Gasteiger partial charge in [0.1, 0.15) is 0 Å². The molecule has 2 heterocycles. The van der Waals surface area contributed by atoms with Crippen LogP contribution in [-0.4, -0.2) is 26.8 Å². The number of fused-ring (bicyclic) bond motifs is 3. The molecule has 0 saturated carbocycles. The first kappa shape index (κ1) is 15.4. The van der Waals surface area contributed by atoms with Gasteiger partial charge in [0.25, 0.3) is 11.6 Å². The van der Waals surface area contributed by atoms with Crippen LogP contribution >= 0.6 is 0 Å². The van der Waals surface area contributed by atoms with Crippen LogP contribution in [0.15, 0.2) is 48.5 Å². The average molecular weight is 335 g/mol. The molecule has 0 spiro atoms. The molecule has 2 aromatic carbocycles. The smallest absolute Gasteiger partial charge is 0.269 e. The predicted octanol–water partition coefficient (Wildman–Crippen LogP) is 3.29. The van der Waals surface area contributed by atoms with E-state index in [0.29, 0.717) is 18.7 Å². The van der Waals surface area contributed by atoms with Crippen LogP contribution in [0.3, 0.4) is 0 Å². The van der Waals surface area contributed by atoms with Crippen LogP contribution in [0.25, 0.3) is 10.9 Å². The number of para-hydroxylation sites is 1. The van der Waals surface area contributed by atoms with E-state index in [4.69, 9.17) is 0 Å². The third kappa shape index (κ3) is 2.46. The topological polar surface area (TPSA) is 68.4 Å². The molecule has 25 heavy (non-hydrogen) atoms. The molecule has 3 aromatic rings. The fraction of sp³-hybridized carbons (Fsp3) is 0.211. The second kappa shape index (κ2) is 5.73. The van der Waals surface area contributed by atoms with Crippen molar-refractivity contribution in [1.29, 1.82) is 0 Å². The van der Waals surface area contributed by atoms with E-state index in [1.807, 2.05) is 17.0 Å². The number of non-ortho nitro benzene ring substituents is 1. The Morgan fingerprint density at radius 1 is 1.12 bits per heavy atom. The summed E-state index contributed by atoms with van der Waals surface area (Å²) in [6, 6.07) is 14.0. The second-order valence-corrected chi connectivity index (χ2v) is 6.28. The largest absolute Gasteiger partial charge is 0.347 e. The summed E-state index contributed by atoms with van der Waals surface area (Å²) >= 11 is 0. The summed E-state index contributed by atoms with van der Waals surface area (Å²) in [4.78, 5) is 24.9. The summed E-state index contributed by atoms with van der Waals surface area (Å²) in [6.45, 7) is 1.21. The molecule has 0 saturated heterocycles. The molecule has 0 aliphatic carbocycles. The molecule has 0 atom stereocenters. The van der Waals surface area contributed by atoms with Crippen molar-refractivity contribution in [2.24, 2.45) is 7.05 Å². The minimum absolute atomic E-state index is 0.00784. The number of nitrogens with zero attached hydrogens (tertiary/aromatic N) is 3. The summed E-state index contributed by atoms with van der Waals surface area (Å²) in [6.07, 6.45) is 0.805. The summed E-state index contributed by atoms with van der Waals surface area (Å²) in [5.74, 6) is -0.0894. The fourth-order valence-corrected chi connectivity index (χ4v) is 3.61. The fourth-order valence-electron chi connectivity index (χ4n) is 3.61. The second-order valence-electron chi connectivity index (χ2n) is 6.28. The maximum Gasteiger partial charge on any atom is 0.269 e. The number of amides is 1. The van der Waals surface area contributed by atoms with E-state index < -0.39 is 4.92 Å². The van der Waals surface area contributed by atoms with Crippen LogP contribution in [0.4, 0.5) is 5.69 Å². The van der Waals surface area contributed by atoms with Crippen LogP contribution in [0.2, 0.25) is 0 Å². The van der Waals surface area contributed by atoms with Gasteiger partial charge < -0.3 is 9.47 Å². The van der Waals surface area contributed by atoms with E-state index in [1.54, 1.807) is 0 Å². The highest BCUT2D eigenvalue weighted by atomic mass is 16.6. The van der Waals surface area contributed by atoms with Crippen molar-refractivity contribution in [2.75, 3.05) is 6.54 Å². The van der Waals surface area contributed by atoms with Crippen molar-refractivity contribution < 1.29 is 9.72 Å². The van der Waals surface area contributed by atoms with Gasteiger partial charge in [0, 0.05) is 66.4 Å². The highest BCUT2D eigenvalue weighted by molar-refractivity contribution is 5.95. The Morgan fingerprint density at radius 2 is 1.84 bits per heavy atom. The van der Waals surface area contributed by atoms with Crippen molar-refractivity contribution in [1.82, 2.24) is 9.47 Å². The molecule has 0 unspecified atom stereocenters. The highest BCUT2D eigenvalue weighted by Crippen LogP contribution is 2.30. The van der Waals surface area contributed by atoms with Gasteiger partial charge in [-0.3, -0.25) is 14.9 Å². The quantitative estimate of drug-likeness (QED) is 0.533. The van der Waals surface area contributed by atoms with E-state index in [2.05, 4.69) is 23.7 Å². The molecular formula is C19H17N3O3. The van der Waals surface area contributed by atoms with Gasteiger partial charge in [-0.05, 0) is 18.2 Å². The molecule has 0 radical (unpaired) electrons. The Morgan fingerprint density at radius 3 is 2.56 bits per heavy atom. The minimum Gasteiger partial charge on any atom is -0.347 e. The van der Waals surface area contributed by atoms with Crippen molar-refractivity contribution in [2.45, 2.75) is 13.0 Å². The lowest BCUT2D eigenvalue weighted by atomic mass is 10.0. The van der Waals surface area contributed by atoms with Crippen LogP contribution in [0, 0.1) is 10.1 Å². The van der Waals surface area contributed by atoms with E-state index in [-0.39, 0.29) is 11.6 Å². The van der Waals surface area contributed by atoms with Crippen LogP contribution in [-0.2, 0) is 20.0 Å². The number of benzene rings is 2. The van der Waals surface area contributed by atoms with Gasteiger partial charge in [0.15, 0.2) is 0 Å². The maximum absolute atomic E-state index is 12.8.